The summed E-state index contributed by atoms with van der Waals surface area (Å²) >= 11 is 5.69. The highest BCUT2D eigenvalue weighted by atomic mass is 35.5. The van der Waals surface area contributed by atoms with E-state index < -0.39 is 11.7 Å². The molecule has 0 fully saturated rings. The molecule has 0 aliphatic rings. The van der Waals surface area contributed by atoms with Crippen molar-refractivity contribution < 1.29 is 18.3 Å². The van der Waals surface area contributed by atoms with Gasteiger partial charge in [0.25, 0.3) is 0 Å². The molecule has 2 aromatic heterocycles. The van der Waals surface area contributed by atoms with Gasteiger partial charge in [0.05, 0.1) is 21.7 Å². The van der Waals surface area contributed by atoms with E-state index in [0.29, 0.717) is 16.9 Å². The minimum absolute atomic E-state index is 0.151. The molecule has 5 nitrogen and oxygen atoms in total. The SMILES string of the molecule is Cn1c(-c2ccc(O)cc2)cc2c(Nc3ccc(Cl)c(C(F)(F)F)c3)ncnc21. The quantitative estimate of drug-likeness (QED) is 0.444. The number of anilines is 2. The Kier molecular flexibility index (Phi) is 4.58. The molecular weight excluding hydrogens is 405 g/mol. The van der Waals surface area contributed by atoms with Gasteiger partial charge in [-0.2, -0.15) is 13.2 Å². The highest BCUT2D eigenvalue weighted by Gasteiger charge is 2.33. The molecule has 148 valence electrons. The first-order valence-electron chi connectivity index (χ1n) is 8.47. The van der Waals surface area contributed by atoms with Crippen LogP contribution in [0.25, 0.3) is 22.3 Å². The zero-order valence-electron chi connectivity index (χ0n) is 15.0. The van der Waals surface area contributed by atoms with Gasteiger partial charge in [0.15, 0.2) is 0 Å². The van der Waals surface area contributed by atoms with Gasteiger partial charge < -0.3 is 15.0 Å². The third-order valence-corrected chi connectivity index (χ3v) is 4.85. The van der Waals surface area contributed by atoms with Crippen molar-refractivity contribution in [2.75, 3.05) is 5.32 Å². The van der Waals surface area contributed by atoms with Gasteiger partial charge in [0, 0.05) is 12.7 Å². The average Bonchev–Trinajstić information content (AvgIpc) is 3.01. The maximum atomic E-state index is 13.1. The Bertz CT molecular complexity index is 1200. The van der Waals surface area contributed by atoms with Crippen LogP contribution >= 0.6 is 11.6 Å². The van der Waals surface area contributed by atoms with Crippen molar-refractivity contribution in [3.63, 3.8) is 0 Å². The Labute approximate surface area is 168 Å². The van der Waals surface area contributed by atoms with Gasteiger partial charge in [-0.15, -0.1) is 0 Å². The van der Waals surface area contributed by atoms with Crippen LogP contribution in [-0.2, 0) is 13.2 Å². The molecule has 29 heavy (non-hydrogen) atoms. The summed E-state index contributed by atoms with van der Waals surface area (Å²) in [7, 11) is 1.82. The van der Waals surface area contributed by atoms with Crippen LogP contribution in [0.1, 0.15) is 5.56 Å². The van der Waals surface area contributed by atoms with Crippen molar-refractivity contribution in [1.29, 1.82) is 0 Å². The standard InChI is InChI=1S/C20H14ClF3N4O/c1-28-17(11-2-5-13(29)6-3-11)9-14-18(25-10-26-19(14)28)27-12-4-7-16(21)15(8-12)20(22,23)24/h2-10,29H,1H3,(H,25,26,27). The number of hydrogen-bond donors (Lipinski definition) is 2. The number of hydrogen-bond acceptors (Lipinski definition) is 4. The fourth-order valence-electron chi connectivity index (χ4n) is 3.10. The molecule has 0 spiro atoms. The van der Waals surface area contributed by atoms with Crippen LogP contribution in [0.5, 0.6) is 5.75 Å². The minimum atomic E-state index is -4.56. The van der Waals surface area contributed by atoms with Crippen LogP contribution in [-0.4, -0.2) is 19.6 Å². The highest BCUT2D eigenvalue weighted by molar-refractivity contribution is 6.31. The molecule has 0 aliphatic carbocycles. The third kappa shape index (κ3) is 3.58. The Balaban J connectivity index is 1.78. The maximum Gasteiger partial charge on any atom is 0.417 e. The van der Waals surface area contributed by atoms with E-state index in [1.165, 1.54) is 18.5 Å². The van der Waals surface area contributed by atoms with Crippen LogP contribution in [0.15, 0.2) is 54.9 Å². The number of aromatic hydroxyl groups is 1. The summed E-state index contributed by atoms with van der Waals surface area (Å²) in [5.41, 5.74) is 1.55. The third-order valence-electron chi connectivity index (χ3n) is 4.52. The van der Waals surface area contributed by atoms with Gasteiger partial charge in [0.1, 0.15) is 23.5 Å². The first kappa shape index (κ1) is 19.1. The lowest BCUT2D eigenvalue weighted by molar-refractivity contribution is -0.137. The molecule has 0 unspecified atom stereocenters. The molecule has 4 aromatic rings. The Morgan fingerprint density at radius 2 is 1.76 bits per heavy atom. The number of nitrogens with zero attached hydrogens (tertiary/aromatic N) is 3. The largest absolute Gasteiger partial charge is 0.508 e. The normalized spacial score (nSPS) is 11.8. The number of halogens is 4. The van der Waals surface area contributed by atoms with Crippen LogP contribution in [0.4, 0.5) is 24.7 Å². The van der Waals surface area contributed by atoms with Crippen molar-refractivity contribution in [1.82, 2.24) is 14.5 Å². The highest BCUT2D eigenvalue weighted by Crippen LogP contribution is 2.37. The van der Waals surface area contributed by atoms with E-state index in [-0.39, 0.29) is 16.5 Å². The van der Waals surface area contributed by atoms with E-state index in [1.54, 1.807) is 24.3 Å². The zero-order chi connectivity index (χ0) is 20.8. The fraction of sp³-hybridized carbons (Fsp3) is 0.100. The predicted molar refractivity (Wildman–Crippen MR) is 105 cm³/mol. The van der Waals surface area contributed by atoms with E-state index in [2.05, 4.69) is 15.3 Å². The first-order chi connectivity index (χ1) is 13.7. The number of aromatic nitrogens is 3. The number of aryl methyl sites for hydroxylation is 1. The molecule has 0 bridgehead atoms. The molecule has 9 heteroatoms. The summed E-state index contributed by atoms with van der Waals surface area (Å²) in [4.78, 5) is 8.47. The Morgan fingerprint density at radius 3 is 2.45 bits per heavy atom. The smallest absolute Gasteiger partial charge is 0.417 e. The average molecular weight is 419 g/mol. The number of phenolic OH excluding ortho intramolecular Hbond substituents is 1. The van der Waals surface area contributed by atoms with E-state index >= 15 is 0 Å². The zero-order valence-corrected chi connectivity index (χ0v) is 15.8. The Hall–Kier alpha value is -3.26. The second-order valence-corrected chi connectivity index (χ2v) is 6.82. The number of nitrogens with one attached hydrogen (secondary N) is 1. The van der Waals surface area contributed by atoms with Gasteiger partial charge >= 0.3 is 6.18 Å². The number of alkyl halides is 3. The summed E-state index contributed by atoms with van der Waals surface area (Å²) in [5, 5.41) is 12.7. The number of fused-ring (bicyclic) bond motifs is 1. The second kappa shape index (κ2) is 6.97. The van der Waals surface area contributed by atoms with Gasteiger partial charge in [0.2, 0.25) is 0 Å². The first-order valence-corrected chi connectivity index (χ1v) is 8.85. The summed E-state index contributed by atoms with van der Waals surface area (Å²) in [6, 6.07) is 12.1. The predicted octanol–water partition coefficient (Wildman–Crippen LogP) is 5.76. The molecule has 2 N–H and O–H groups in total. The van der Waals surface area contributed by atoms with Gasteiger partial charge in [-0.05, 0) is 54.1 Å². The summed E-state index contributed by atoms with van der Waals surface area (Å²) < 4.78 is 41.2. The van der Waals surface area contributed by atoms with Crippen LogP contribution < -0.4 is 5.32 Å². The van der Waals surface area contributed by atoms with Gasteiger partial charge in [-0.3, -0.25) is 0 Å². The van der Waals surface area contributed by atoms with E-state index in [0.717, 1.165) is 17.3 Å². The molecule has 4 rings (SSSR count). The molecule has 0 radical (unpaired) electrons. The van der Waals surface area contributed by atoms with Gasteiger partial charge in [-0.1, -0.05) is 11.6 Å². The van der Waals surface area contributed by atoms with Crippen molar-refractivity contribution in [3.05, 3.63) is 65.4 Å². The van der Waals surface area contributed by atoms with Crippen LogP contribution in [0.3, 0.4) is 0 Å². The lowest BCUT2D eigenvalue weighted by Gasteiger charge is -2.12. The summed E-state index contributed by atoms with van der Waals surface area (Å²) in [5.74, 6) is 0.518. The van der Waals surface area contributed by atoms with E-state index in [1.807, 2.05) is 17.7 Å². The van der Waals surface area contributed by atoms with Crippen molar-refractivity contribution >= 4 is 34.1 Å². The van der Waals surface area contributed by atoms with E-state index in [4.69, 9.17) is 11.6 Å². The van der Waals surface area contributed by atoms with Crippen molar-refractivity contribution in [2.45, 2.75) is 6.18 Å². The molecular formula is C20H14ClF3N4O. The summed E-state index contributed by atoms with van der Waals surface area (Å²) in [6.45, 7) is 0. The Morgan fingerprint density at radius 1 is 1.03 bits per heavy atom. The number of benzene rings is 2. The molecule has 2 aromatic carbocycles. The van der Waals surface area contributed by atoms with E-state index in [9.17, 15) is 18.3 Å². The maximum absolute atomic E-state index is 13.1. The van der Waals surface area contributed by atoms with Crippen LogP contribution in [0, 0.1) is 0 Å². The summed E-state index contributed by atoms with van der Waals surface area (Å²) in [6.07, 6.45) is -3.22. The van der Waals surface area contributed by atoms with Crippen molar-refractivity contribution in [2.24, 2.45) is 7.05 Å². The fourth-order valence-corrected chi connectivity index (χ4v) is 3.32. The second-order valence-electron chi connectivity index (χ2n) is 6.41. The topological polar surface area (TPSA) is 63.0 Å². The number of phenols is 1. The lowest BCUT2D eigenvalue weighted by Crippen LogP contribution is -2.06. The molecule has 0 saturated heterocycles. The number of rotatable bonds is 3. The molecule has 0 amide bonds. The molecule has 2 heterocycles. The molecule has 0 aliphatic heterocycles. The van der Waals surface area contributed by atoms with Crippen molar-refractivity contribution in [3.8, 4) is 17.0 Å². The minimum Gasteiger partial charge on any atom is -0.508 e. The monoisotopic (exact) mass is 418 g/mol. The lowest BCUT2D eigenvalue weighted by atomic mass is 10.1. The molecule has 0 atom stereocenters. The van der Waals surface area contributed by atoms with Crippen LogP contribution in [0.2, 0.25) is 5.02 Å². The molecule has 0 saturated carbocycles. The van der Waals surface area contributed by atoms with Gasteiger partial charge in [-0.25, -0.2) is 9.97 Å².